The van der Waals surface area contributed by atoms with E-state index in [0.29, 0.717) is 0 Å². The van der Waals surface area contributed by atoms with Crippen LogP contribution < -0.4 is 15.3 Å². The van der Waals surface area contributed by atoms with E-state index in [0.717, 1.165) is 4.89 Å². The van der Waals surface area contributed by atoms with Crippen LogP contribution in [0.25, 0.3) is 0 Å². The van der Waals surface area contributed by atoms with E-state index in [9.17, 15) is 13.2 Å². The summed E-state index contributed by atoms with van der Waals surface area (Å²) in [4.78, 5) is 10.6. The Hall–Kier alpha value is -0.860. The van der Waals surface area contributed by atoms with Gasteiger partial charge in [-0.2, -0.15) is 8.42 Å². The highest BCUT2D eigenvalue weighted by molar-refractivity contribution is 7.87. The van der Waals surface area contributed by atoms with Crippen molar-refractivity contribution in [1.82, 2.24) is 9.61 Å². The molecule has 0 aliphatic heterocycles. The second-order valence-electron chi connectivity index (χ2n) is 1.06. The summed E-state index contributed by atoms with van der Waals surface area (Å²) in [6.07, 6.45) is 0. The zero-order valence-electron chi connectivity index (χ0n) is 4.16. The Kier molecular flexibility index (Phi) is 2.37. The van der Waals surface area contributed by atoms with Crippen molar-refractivity contribution in [2.24, 2.45) is 5.73 Å². The number of carbonyl (C=O) groups excluding carboxylic acids is 1. The van der Waals surface area contributed by atoms with Gasteiger partial charge in [-0.1, -0.05) is 4.89 Å². The Morgan fingerprint density at radius 1 is 1.56 bits per heavy atom. The molecule has 0 saturated heterocycles. The molecule has 0 rings (SSSR count). The first kappa shape index (κ1) is 8.14. The SMILES string of the molecule is NC(=O)NS(=O)(=O)NO. The van der Waals surface area contributed by atoms with Crippen molar-refractivity contribution < 1.29 is 18.4 Å². The highest BCUT2D eigenvalue weighted by Crippen LogP contribution is 1.68. The summed E-state index contributed by atoms with van der Waals surface area (Å²) in [7, 11) is -4.14. The fourth-order valence-electron chi connectivity index (χ4n) is 0.155. The summed E-state index contributed by atoms with van der Waals surface area (Å²) in [6, 6.07) is -1.27. The van der Waals surface area contributed by atoms with Crippen molar-refractivity contribution >= 4 is 16.2 Å². The highest BCUT2D eigenvalue weighted by Gasteiger charge is 2.07. The maximum atomic E-state index is 10.0. The van der Waals surface area contributed by atoms with Gasteiger partial charge in [-0.15, -0.1) is 0 Å². The molecule has 5 N–H and O–H groups in total. The Morgan fingerprint density at radius 3 is 2.11 bits per heavy atom. The molecule has 2 amide bonds. The number of hydrogen-bond acceptors (Lipinski definition) is 4. The van der Waals surface area contributed by atoms with E-state index < -0.39 is 16.2 Å². The number of urea groups is 1. The summed E-state index contributed by atoms with van der Waals surface area (Å²) >= 11 is 0. The van der Waals surface area contributed by atoms with Gasteiger partial charge in [0.15, 0.2) is 0 Å². The van der Waals surface area contributed by atoms with E-state index in [-0.39, 0.29) is 0 Å². The van der Waals surface area contributed by atoms with Gasteiger partial charge in [0.05, 0.1) is 0 Å². The zero-order valence-corrected chi connectivity index (χ0v) is 4.97. The van der Waals surface area contributed by atoms with Crippen LogP contribution in [0.4, 0.5) is 4.79 Å². The predicted octanol–water partition coefficient (Wildman–Crippen LogP) is -2.12. The second kappa shape index (κ2) is 2.62. The molecule has 54 valence electrons. The number of hydrogen-bond donors (Lipinski definition) is 4. The van der Waals surface area contributed by atoms with Crippen LogP contribution in [0.5, 0.6) is 0 Å². The molecule has 0 spiro atoms. The second-order valence-corrected chi connectivity index (χ2v) is 2.45. The Bertz CT molecular complexity index is 194. The maximum absolute atomic E-state index is 10.0. The average Bonchev–Trinajstić information content (AvgIpc) is 1.63. The van der Waals surface area contributed by atoms with Gasteiger partial charge in [0, 0.05) is 0 Å². The lowest BCUT2D eigenvalue weighted by Crippen LogP contribution is -2.41. The van der Waals surface area contributed by atoms with E-state index >= 15 is 0 Å². The van der Waals surface area contributed by atoms with Crippen molar-refractivity contribution in [2.45, 2.75) is 0 Å². The third-order valence-corrected chi connectivity index (χ3v) is 1.07. The van der Waals surface area contributed by atoms with E-state index in [1.54, 1.807) is 0 Å². The first-order valence-electron chi connectivity index (χ1n) is 1.71. The first-order valence-corrected chi connectivity index (χ1v) is 3.19. The van der Waals surface area contributed by atoms with Crippen LogP contribution in [0.3, 0.4) is 0 Å². The molecule has 8 heteroatoms. The van der Waals surface area contributed by atoms with Gasteiger partial charge < -0.3 is 10.9 Å². The maximum Gasteiger partial charge on any atom is 0.326 e. The molecular weight excluding hydrogens is 150 g/mol. The Morgan fingerprint density at radius 2 is 2.00 bits per heavy atom. The minimum atomic E-state index is -4.14. The summed E-state index contributed by atoms with van der Waals surface area (Å²) in [6.45, 7) is 0. The molecule has 7 nitrogen and oxygen atoms in total. The van der Waals surface area contributed by atoms with Crippen molar-refractivity contribution in [1.29, 1.82) is 0 Å². The number of rotatable bonds is 2. The topological polar surface area (TPSA) is 122 Å². The van der Waals surface area contributed by atoms with Gasteiger partial charge in [0.25, 0.3) is 0 Å². The normalized spacial score (nSPS) is 10.8. The molecule has 0 saturated carbocycles. The van der Waals surface area contributed by atoms with Gasteiger partial charge in [-0.05, 0) is 0 Å². The van der Waals surface area contributed by atoms with E-state index in [2.05, 4.69) is 5.73 Å². The molecule has 0 aromatic heterocycles. The molecule has 0 heterocycles. The van der Waals surface area contributed by atoms with Gasteiger partial charge in [0.1, 0.15) is 0 Å². The fraction of sp³-hybridized carbons (Fsp3) is 0. The van der Waals surface area contributed by atoms with Gasteiger partial charge in [-0.3, -0.25) is 0 Å². The van der Waals surface area contributed by atoms with Crippen LogP contribution in [-0.2, 0) is 10.2 Å². The van der Waals surface area contributed by atoms with Gasteiger partial charge >= 0.3 is 16.2 Å². The summed E-state index contributed by atoms with van der Waals surface area (Å²) < 4.78 is 21.3. The summed E-state index contributed by atoms with van der Waals surface area (Å²) in [5.74, 6) is 0. The van der Waals surface area contributed by atoms with Crippen molar-refractivity contribution in [3.8, 4) is 0 Å². The van der Waals surface area contributed by atoms with Crippen molar-refractivity contribution in [3.05, 3.63) is 0 Å². The predicted molar refractivity (Wildman–Crippen MR) is 26.6 cm³/mol. The Labute approximate surface area is 51.0 Å². The van der Waals surface area contributed by atoms with Crippen LogP contribution in [0.1, 0.15) is 0 Å². The van der Waals surface area contributed by atoms with Gasteiger partial charge in [0.2, 0.25) is 0 Å². The van der Waals surface area contributed by atoms with Crippen LogP contribution >= 0.6 is 0 Å². The molecule has 0 aliphatic carbocycles. The van der Waals surface area contributed by atoms with Crippen LogP contribution in [-0.4, -0.2) is 19.7 Å². The lowest BCUT2D eigenvalue weighted by Gasteiger charge is -1.97. The Balaban J connectivity index is 4.06. The molecule has 0 bridgehead atoms. The molecule has 9 heavy (non-hydrogen) atoms. The number of nitrogens with two attached hydrogens (primary N) is 1. The van der Waals surface area contributed by atoms with Crippen molar-refractivity contribution in [2.75, 3.05) is 0 Å². The summed E-state index contributed by atoms with van der Waals surface area (Å²) in [5, 5.41) is 7.73. The molecule has 0 radical (unpaired) electrons. The van der Waals surface area contributed by atoms with Gasteiger partial charge in [-0.25, -0.2) is 9.52 Å². The van der Waals surface area contributed by atoms with E-state index in [4.69, 9.17) is 5.21 Å². The number of amides is 2. The van der Waals surface area contributed by atoms with Crippen molar-refractivity contribution in [3.63, 3.8) is 0 Å². The zero-order chi connectivity index (χ0) is 7.49. The minimum absolute atomic E-state index is 0.833. The highest BCUT2D eigenvalue weighted by atomic mass is 32.2. The smallest absolute Gasteiger partial charge is 0.326 e. The van der Waals surface area contributed by atoms with E-state index in [1.165, 1.54) is 4.72 Å². The summed E-state index contributed by atoms with van der Waals surface area (Å²) in [5.41, 5.74) is 4.37. The molecule has 0 unspecified atom stereocenters. The molecule has 0 aliphatic rings. The number of carbonyl (C=O) groups is 1. The monoisotopic (exact) mass is 155 g/mol. The number of nitrogens with one attached hydrogen (secondary N) is 2. The molecule has 0 atom stereocenters. The van der Waals surface area contributed by atoms with E-state index in [1.807, 2.05) is 0 Å². The van der Waals surface area contributed by atoms with Crippen LogP contribution in [0, 0.1) is 0 Å². The average molecular weight is 155 g/mol. The molecule has 0 fully saturated rings. The minimum Gasteiger partial charge on any atom is -0.351 e. The lowest BCUT2D eigenvalue weighted by atomic mass is 11.2. The molecule has 0 aromatic rings. The van der Waals surface area contributed by atoms with Crippen LogP contribution in [0.15, 0.2) is 0 Å². The largest absolute Gasteiger partial charge is 0.351 e. The fourth-order valence-corrected chi connectivity index (χ4v) is 0.466. The third-order valence-electron chi connectivity index (χ3n) is 0.355. The number of primary amides is 1. The third kappa shape index (κ3) is 3.70. The molecular formula is CH5N3O4S. The standard InChI is InChI=1S/CH5N3O4S/c2-1(5)3-9(7,8)4-6/h4,6H,(H3,2,3,5). The quantitative estimate of drug-likeness (QED) is 0.340. The lowest BCUT2D eigenvalue weighted by molar-refractivity contribution is 0.236. The van der Waals surface area contributed by atoms with Crippen LogP contribution in [0.2, 0.25) is 0 Å². The molecule has 0 aromatic carbocycles. The first-order chi connectivity index (χ1) is 3.98.